The van der Waals surface area contributed by atoms with E-state index in [9.17, 15) is 14.4 Å². The summed E-state index contributed by atoms with van der Waals surface area (Å²) in [5, 5.41) is 5.90. The van der Waals surface area contributed by atoms with Gasteiger partial charge in [-0.3, -0.25) is 19.4 Å². The van der Waals surface area contributed by atoms with Gasteiger partial charge in [0.2, 0.25) is 5.91 Å². The van der Waals surface area contributed by atoms with Crippen LogP contribution in [0.1, 0.15) is 36.3 Å². The molecule has 2 unspecified atom stereocenters. The van der Waals surface area contributed by atoms with Gasteiger partial charge in [-0.2, -0.15) is 0 Å². The predicted molar refractivity (Wildman–Crippen MR) is 129 cm³/mol. The highest BCUT2D eigenvalue weighted by Crippen LogP contribution is 2.37. The quantitative estimate of drug-likeness (QED) is 0.510. The molecule has 2 aliphatic rings. The van der Waals surface area contributed by atoms with Gasteiger partial charge in [-0.25, -0.2) is 4.98 Å². The second-order valence-corrected chi connectivity index (χ2v) is 10.0. The summed E-state index contributed by atoms with van der Waals surface area (Å²) in [6.45, 7) is 3.24. The topological polar surface area (TPSA) is 120 Å². The number of fused-ring (bicyclic) bond motifs is 1. The van der Waals surface area contributed by atoms with Crippen LogP contribution < -0.4 is 10.6 Å². The van der Waals surface area contributed by atoms with Crippen molar-refractivity contribution in [1.82, 2.24) is 20.6 Å². The van der Waals surface area contributed by atoms with E-state index in [0.717, 1.165) is 5.56 Å². The zero-order chi connectivity index (χ0) is 25.1. The molecule has 2 aromatic rings. The molecule has 0 bridgehead atoms. The van der Waals surface area contributed by atoms with Crippen LogP contribution in [0, 0.1) is 5.92 Å². The summed E-state index contributed by atoms with van der Waals surface area (Å²) in [7, 11) is 1.94. The normalized spacial score (nSPS) is 25.0. The van der Waals surface area contributed by atoms with Crippen LogP contribution in [-0.2, 0) is 25.3 Å². The summed E-state index contributed by atoms with van der Waals surface area (Å²) in [6, 6.07) is 8.57. The number of nitrogens with one attached hydrogen (secondary N) is 2. The van der Waals surface area contributed by atoms with Crippen LogP contribution in [0.2, 0.25) is 0 Å². The highest BCUT2D eigenvalue weighted by molar-refractivity contribution is 6.65. The number of benzene rings is 1. The molecule has 0 saturated carbocycles. The molecule has 1 aromatic carbocycles. The molecule has 3 heterocycles. The van der Waals surface area contributed by atoms with Crippen molar-refractivity contribution in [1.29, 1.82) is 0 Å². The van der Waals surface area contributed by atoms with Crippen molar-refractivity contribution in [3.05, 3.63) is 60.2 Å². The number of carbonyl (C=O) groups is 3. The Bertz CT molecular complexity index is 1070. The SMILES string of the molecule is CC(C)C[C@H](NC(=O)[C@H](Cc1ccccc1)NC(=O)c1cnccn1)[B-]12OCC[N+]1(C)CC(=O)O2. The lowest BCUT2D eigenvalue weighted by atomic mass is 9.57. The minimum Gasteiger partial charge on any atom is -0.610 e. The van der Waals surface area contributed by atoms with E-state index in [0.29, 0.717) is 24.0 Å². The number of hydrogen-bond donors (Lipinski definition) is 2. The van der Waals surface area contributed by atoms with E-state index in [-0.39, 0.29) is 36.5 Å². The monoisotopic (exact) mass is 481 g/mol. The predicted octanol–water partition coefficient (Wildman–Crippen LogP) is 0.860. The van der Waals surface area contributed by atoms with Crippen LogP contribution in [0.25, 0.3) is 0 Å². The van der Waals surface area contributed by atoms with Gasteiger partial charge in [-0.15, -0.1) is 0 Å². The van der Waals surface area contributed by atoms with Gasteiger partial charge in [-0.1, -0.05) is 50.6 Å². The molecule has 35 heavy (non-hydrogen) atoms. The molecule has 0 radical (unpaired) electrons. The van der Waals surface area contributed by atoms with E-state index >= 15 is 0 Å². The van der Waals surface area contributed by atoms with E-state index in [1.807, 2.05) is 51.2 Å². The number of likely N-dealkylation sites (N-methyl/N-ethyl adjacent to an activating group) is 1. The molecule has 4 rings (SSSR count). The van der Waals surface area contributed by atoms with Crippen LogP contribution in [0.4, 0.5) is 0 Å². The first-order chi connectivity index (χ1) is 16.7. The molecular weight excluding hydrogens is 449 g/mol. The van der Waals surface area contributed by atoms with Crippen molar-refractivity contribution >= 4 is 24.5 Å². The number of rotatable bonds is 9. The Hall–Kier alpha value is -3.31. The Balaban J connectivity index is 1.60. The summed E-state index contributed by atoms with van der Waals surface area (Å²) < 4.78 is 12.3. The van der Waals surface area contributed by atoms with E-state index in [1.165, 1.54) is 18.6 Å². The molecule has 10 nitrogen and oxygen atoms in total. The van der Waals surface area contributed by atoms with Crippen molar-refractivity contribution < 1.29 is 28.1 Å². The second-order valence-electron chi connectivity index (χ2n) is 10.0. The lowest BCUT2D eigenvalue weighted by molar-refractivity contribution is -0.798. The fourth-order valence-corrected chi connectivity index (χ4v) is 5.15. The zero-order valence-corrected chi connectivity index (χ0v) is 20.3. The van der Waals surface area contributed by atoms with E-state index in [1.54, 1.807) is 0 Å². The van der Waals surface area contributed by atoms with Gasteiger partial charge in [0.05, 0.1) is 19.3 Å². The summed E-state index contributed by atoms with van der Waals surface area (Å²) >= 11 is 0. The number of amides is 2. The second kappa shape index (κ2) is 10.1. The number of carbonyl (C=O) groups excluding carboxylic acids is 3. The number of quaternary nitrogens is 1. The first-order valence-corrected chi connectivity index (χ1v) is 12.0. The smallest absolute Gasteiger partial charge is 0.549 e. The van der Waals surface area contributed by atoms with Gasteiger partial charge < -0.3 is 24.3 Å². The van der Waals surface area contributed by atoms with Gasteiger partial charge >= 0.3 is 12.7 Å². The third kappa shape index (κ3) is 5.20. The van der Waals surface area contributed by atoms with Crippen molar-refractivity contribution in [2.24, 2.45) is 5.92 Å². The molecule has 186 valence electrons. The zero-order valence-electron chi connectivity index (χ0n) is 20.3. The standard InChI is InChI=1S/C24H32BN5O5/c1-17(2)13-21(25-30(3,11-12-34-25)16-22(31)35-25)29-23(32)19(14-18-7-5-4-6-8-18)28-24(33)20-15-26-9-10-27-20/h4-10,15,17,19,21H,11-14,16H2,1-3H3,(H,28,33)(H,29,32)/t19-,21-,25?,30?/m0/s1. The average Bonchev–Trinajstić information content (AvgIpc) is 3.27. The Morgan fingerprint density at radius 2 is 1.94 bits per heavy atom. The van der Waals surface area contributed by atoms with Crippen LogP contribution in [0.3, 0.4) is 0 Å². The lowest BCUT2D eigenvalue weighted by Crippen LogP contribution is -2.72. The number of hydrogen-bond acceptors (Lipinski definition) is 7. The summed E-state index contributed by atoms with van der Waals surface area (Å²) in [5.74, 6) is -1.53. The Labute approximate surface area is 205 Å². The molecule has 11 heteroatoms. The maximum Gasteiger partial charge on any atom is 0.549 e. The minimum atomic E-state index is -2.13. The van der Waals surface area contributed by atoms with Gasteiger partial charge in [0.15, 0.2) is 0 Å². The molecule has 0 spiro atoms. The van der Waals surface area contributed by atoms with E-state index in [4.69, 9.17) is 9.31 Å². The molecular formula is C24H32BN5O5. The van der Waals surface area contributed by atoms with Crippen LogP contribution >= 0.6 is 0 Å². The molecule has 2 aliphatic heterocycles. The molecule has 2 fully saturated rings. The molecule has 4 atom stereocenters. The fraction of sp³-hybridized carbons (Fsp3) is 0.458. The van der Waals surface area contributed by atoms with Crippen LogP contribution in [0.15, 0.2) is 48.9 Å². The summed E-state index contributed by atoms with van der Waals surface area (Å²) in [6.07, 6.45) is 5.08. The number of nitrogens with zero attached hydrogens (tertiary/aromatic N) is 3. The minimum absolute atomic E-state index is 0.119. The van der Waals surface area contributed by atoms with Gasteiger partial charge in [0, 0.05) is 31.8 Å². The maximum absolute atomic E-state index is 13.7. The van der Waals surface area contributed by atoms with Crippen molar-refractivity contribution in [3.63, 3.8) is 0 Å². The number of aromatic nitrogens is 2. The third-order valence-corrected chi connectivity index (χ3v) is 6.88. The van der Waals surface area contributed by atoms with Crippen LogP contribution in [0.5, 0.6) is 0 Å². The molecule has 1 aromatic heterocycles. The Morgan fingerprint density at radius 3 is 2.63 bits per heavy atom. The van der Waals surface area contributed by atoms with E-state index < -0.39 is 24.6 Å². The molecule has 2 N–H and O–H groups in total. The Kier molecular flexibility index (Phi) is 7.18. The van der Waals surface area contributed by atoms with Gasteiger partial charge in [0.25, 0.3) is 5.91 Å². The van der Waals surface area contributed by atoms with E-state index in [2.05, 4.69) is 20.6 Å². The first kappa shape index (κ1) is 24.8. The van der Waals surface area contributed by atoms with Crippen molar-refractivity contribution in [2.45, 2.75) is 38.7 Å². The van der Waals surface area contributed by atoms with Crippen molar-refractivity contribution in [3.8, 4) is 0 Å². The first-order valence-electron chi connectivity index (χ1n) is 12.0. The highest BCUT2D eigenvalue weighted by Gasteiger charge is 2.65. The summed E-state index contributed by atoms with van der Waals surface area (Å²) in [4.78, 5) is 46.8. The van der Waals surface area contributed by atoms with Gasteiger partial charge in [0.1, 0.15) is 18.3 Å². The van der Waals surface area contributed by atoms with Gasteiger partial charge in [-0.05, 0) is 11.5 Å². The fourth-order valence-electron chi connectivity index (χ4n) is 5.15. The third-order valence-electron chi connectivity index (χ3n) is 6.88. The largest absolute Gasteiger partial charge is 0.610 e. The lowest BCUT2D eigenvalue weighted by Gasteiger charge is -2.46. The van der Waals surface area contributed by atoms with Crippen LogP contribution in [-0.4, -0.2) is 77.6 Å². The van der Waals surface area contributed by atoms with Crippen molar-refractivity contribution in [2.75, 3.05) is 26.7 Å². The maximum atomic E-state index is 13.7. The molecule has 0 aliphatic carbocycles. The Morgan fingerprint density at radius 1 is 1.17 bits per heavy atom. The molecule has 2 amide bonds. The molecule has 2 saturated heterocycles. The average molecular weight is 481 g/mol. The summed E-state index contributed by atoms with van der Waals surface area (Å²) in [5.41, 5.74) is 1.01. The highest BCUT2D eigenvalue weighted by atomic mass is 16.7.